The molecule has 0 saturated heterocycles. The van der Waals surface area contributed by atoms with Gasteiger partial charge in [0.1, 0.15) is 5.84 Å². The molecule has 2 aromatic rings. The number of nitrogens with two attached hydrogens (primary N) is 1. The number of halogens is 1. The van der Waals surface area contributed by atoms with Crippen LogP contribution in [0.3, 0.4) is 0 Å². The van der Waals surface area contributed by atoms with Crippen molar-refractivity contribution in [1.82, 2.24) is 20.6 Å². The molecule has 2 heterocycles. The van der Waals surface area contributed by atoms with Crippen molar-refractivity contribution in [2.45, 2.75) is 50.2 Å². The number of pyridine rings is 2. The highest BCUT2D eigenvalue weighted by molar-refractivity contribution is 6.23. The Morgan fingerprint density at radius 2 is 2.03 bits per heavy atom. The molecule has 1 saturated carbocycles. The molecular weight excluding hydrogens is 423 g/mol. The molecule has 0 radical (unpaired) electrons. The summed E-state index contributed by atoms with van der Waals surface area (Å²) < 4.78 is 13.3. The van der Waals surface area contributed by atoms with E-state index in [-0.39, 0.29) is 23.5 Å². The molecule has 0 spiro atoms. The van der Waals surface area contributed by atoms with Gasteiger partial charge in [0.05, 0.1) is 18.1 Å². The quantitative estimate of drug-likeness (QED) is 0.170. The molecule has 1 aliphatic rings. The lowest BCUT2D eigenvalue weighted by Crippen LogP contribution is -2.49. The highest BCUT2D eigenvalue weighted by Gasteiger charge is 2.34. The van der Waals surface area contributed by atoms with Gasteiger partial charge < -0.3 is 21.7 Å². The van der Waals surface area contributed by atoms with Crippen molar-refractivity contribution in [3.05, 3.63) is 66.1 Å². The average Bonchev–Trinajstić information content (AvgIpc) is 2.79. The van der Waals surface area contributed by atoms with Crippen molar-refractivity contribution in [3.8, 4) is 6.07 Å². The van der Waals surface area contributed by atoms with E-state index >= 15 is 0 Å². The molecule has 3 rings (SSSR count). The zero-order valence-corrected chi connectivity index (χ0v) is 18.1. The predicted octanol–water partition coefficient (Wildman–Crippen LogP) is 2.35. The SMILES string of the molecule is N#CCC1(N/C=C(\C(=N)Nc2ccnc(F)c2)C(N)=O)CCC(NCc2ccncc2)CC1. The number of hydrogen-bond acceptors (Lipinski definition) is 7. The van der Waals surface area contributed by atoms with Crippen LogP contribution in [0.1, 0.15) is 37.7 Å². The van der Waals surface area contributed by atoms with E-state index in [9.17, 15) is 14.4 Å². The minimum atomic E-state index is -0.811. The summed E-state index contributed by atoms with van der Waals surface area (Å²) >= 11 is 0. The Hall–Kier alpha value is -3.84. The first-order valence-corrected chi connectivity index (χ1v) is 10.7. The van der Waals surface area contributed by atoms with Gasteiger partial charge in [-0.1, -0.05) is 0 Å². The summed E-state index contributed by atoms with van der Waals surface area (Å²) in [5, 5.41) is 27.0. The highest BCUT2D eigenvalue weighted by atomic mass is 19.1. The predicted molar refractivity (Wildman–Crippen MR) is 122 cm³/mol. The summed E-state index contributed by atoms with van der Waals surface area (Å²) in [6.07, 6.45) is 9.55. The van der Waals surface area contributed by atoms with Crippen LogP contribution >= 0.6 is 0 Å². The Morgan fingerprint density at radius 1 is 1.30 bits per heavy atom. The Kier molecular flexibility index (Phi) is 8.05. The van der Waals surface area contributed by atoms with Gasteiger partial charge >= 0.3 is 0 Å². The number of primary amides is 1. The first-order chi connectivity index (χ1) is 15.9. The molecule has 1 amide bonds. The molecule has 0 aromatic carbocycles. The van der Waals surface area contributed by atoms with Crippen molar-refractivity contribution in [1.29, 1.82) is 10.7 Å². The van der Waals surface area contributed by atoms with Crippen LogP contribution in [0.5, 0.6) is 0 Å². The summed E-state index contributed by atoms with van der Waals surface area (Å²) in [7, 11) is 0. The van der Waals surface area contributed by atoms with Gasteiger partial charge in [-0.25, -0.2) is 4.98 Å². The normalized spacial score (nSPS) is 20.5. The van der Waals surface area contributed by atoms with Crippen LogP contribution in [0.15, 0.2) is 54.6 Å². The van der Waals surface area contributed by atoms with E-state index in [0.29, 0.717) is 18.9 Å². The second kappa shape index (κ2) is 11.2. The minimum absolute atomic E-state index is 0.0949. The van der Waals surface area contributed by atoms with Crippen LogP contribution in [0.25, 0.3) is 0 Å². The average molecular weight is 451 g/mol. The summed E-state index contributed by atoms with van der Waals surface area (Å²) in [5.74, 6) is -1.80. The molecule has 1 aliphatic carbocycles. The number of nitrogens with one attached hydrogen (secondary N) is 4. The van der Waals surface area contributed by atoms with Crippen LogP contribution < -0.4 is 21.7 Å². The van der Waals surface area contributed by atoms with Crippen molar-refractivity contribution in [2.24, 2.45) is 5.73 Å². The molecule has 0 bridgehead atoms. The molecule has 1 fully saturated rings. The largest absolute Gasteiger partial charge is 0.384 e. The third-order valence-electron chi connectivity index (χ3n) is 5.76. The molecule has 172 valence electrons. The number of nitrogens with zero attached hydrogens (tertiary/aromatic N) is 3. The standard InChI is InChI=1S/C23H27FN8O/c24-20-13-18(5-12-29-20)32-21(26)19(22(27)33)15-31-23(8-9-25)6-1-17(2-7-23)30-14-16-3-10-28-11-4-16/h3-5,10-13,15,17,30-31H,1-2,6-8,14H2,(H2,27,33)(H2,26,29,32)/b19-15+. The molecule has 6 N–H and O–H groups in total. The number of amides is 1. The summed E-state index contributed by atoms with van der Waals surface area (Å²) in [5.41, 5.74) is 6.29. The van der Waals surface area contributed by atoms with Crippen LogP contribution in [0.2, 0.25) is 0 Å². The van der Waals surface area contributed by atoms with Crippen LogP contribution in [0, 0.1) is 22.7 Å². The van der Waals surface area contributed by atoms with E-state index in [1.165, 1.54) is 18.5 Å². The lowest BCUT2D eigenvalue weighted by molar-refractivity contribution is -0.114. The van der Waals surface area contributed by atoms with Gasteiger partial charge in [-0.2, -0.15) is 9.65 Å². The van der Waals surface area contributed by atoms with E-state index in [1.54, 1.807) is 12.4 Å². The van der Waals surface area contributed by atoms with Gasteiger partial charge in [0.25, 0.3) is 5.91 Å². The van der Waals surface area contributed by atoms with Crippen molar-refractivity contribution in [2.75, 3.05) is 5.32 Å². The number of carbonyl (C=O) groups is 1. The number of nitriles is 1. The maximum Gasteiger partial charge on any atom is 0.253 e. The van der Waals surface area contributed by atoms with Crippen LogP contribution in [-0.4, -0.2) is 33.3 Å². The van der Waals surface area contributed by atoms with Crippen molar-refractivity contribution >= 4 is 17.4 Å². The van der Waals surface area contributed by atoms with Crippen molar-refractivity contribution in [3.63, 3.8) is 0 Å². The maximum atomic E-state index is 13.3. The molecule has 33 heavy (non-hydrogen) atoms. The zero-order chi connectivity index (χ0) is 23.7. The second-order valence-corrected chi connectivity index (χ2v) is 8.06. The Labute approximate surface area is 191 Å². The fourth-order valence-electron chi connectivity index (χ4n) is 3.84. The Balaban J connectivity index is 1.62. The third-order valence-corrected chi connectivity index (χ3v) is 5.76. The number of amidine groups is 1. The summed E-state index contributed by atoms with van der Waals surface area (Å²) in [6, 6.07) is 9.06. The smallest absolute Gasteiger partial charge is 0.253 e. The van der Waals surface area contributed by atoms with E-state index in [2.05, 4.69) is 32.0 Å². The summed E-state index contributed by atoms with van der Waals surface area (Å²) in [6.45, 7) is 0.746. The molecule has 0 aliphatic heterocycles. The Morgan fingerprint density at radius 3 is 2.67 bits per heavy atom. The number of carbonyl (C=O) groups excluding carboxylic acids is 1. The van der Waals surface area contributed by atoms with Gasteiger partial charge in [0.2, 0.25) is 5.95 Å². The Bertz CT molecular complexity index is 1040. The van der Waals surface area contributed by atoms with Gasteiger partial charge in [-0.15, -0.1) is 0 Å². The van der Waals surface area contributed by atoms with Gasteiger partial charge in [-0.05, 0) is 49.4 Å². The van der Waals surface area contributed by atoms with Gasteiger partial charge in [0.15, 0.2) is 0 Å². The number of hydrogen-bond donors (Lipinski definition) is 5. The monoisotopic (exact) mass is 450 g/mol. The molecule has 10 heteroatoms. The fourth-order valence-corrected chi connectivity index (χ4v) is 3.84. The lowest BCUT2D eigenvalue weighted by atomic mass is 9.77. The fraction of sp³-hybridized carbons (Fsp3) is 0.348. The highest BCUT2D eigenvalue weighted by Crippen LogP contribution is 2.31. The van der Waals surface area contributed by atoms with Gasteiger partial charge in [0, 0.05) is 54.7 Å². The van der Waals surface area contributed by atoms with E-state index in [1.807, 2.05) is 12.1 Å². The van der Waals surface area contributed by atoms with Crippen LogP contribution in [-0.2, 0) is 11.3 Å². The van der Waals surface area contributed by atoms with Crippen molar-refractivity contribution < 1.29 is 9.18 Å². The molecule has 9 nitrogen and oxygen atoms in total. The van der Waals surface area contributed by atoms with E-state index in [0.717, 1.165) is 31.0 Å². The summed E-state index contributed by atoms with van der Waals surface area (Å²) in [4.78, 5) is 19.5. The first kappa shape index (κ1) is 23.8. The first-order valence-electron chi connectivity index (χ1n) is 10.7. The zero-order valence-electron chi connectivity index (χ0n) is 18.1. The van der Waals surface area contributed by atoms with E-state index in [4.69, 9.17) is 11.1 Å². The van der Waals surface area contributed by atoms with Crippen LogP contribution in [0.4, 0.5) is 10.1 Å². The number of anilines is 1. The molecule has 2 aromatic heterocycles. The molecule has 0 unspecified atom stereocenters. The topological polar surface area (TPSA) is 153 Å². The number of aromatic nitrogens is 2. The second-order valence-electron chi connectivity index (χ2n) is 8.06. The lowest BCUT2D eigenvalue weighted by Gasteiger charge is -2.39. The maximum absolute atomic E-state index is 13.3. The third kappa shape index (κ3) is 6.82. The van der Waals surface area contributed by atoms with Gasteiger partial charge in [-0.3, -0.25) is 15.2 Å². The van der Waals surface area contributed by atoms with E-state index < -0.39 is 17.4 Å². The molecular formula is C23H27FN8O. The minimum Gasteiger partial charge on any atom is -0.384 e. The number of rotatable bonds is 9. The molecule has 0 atom stereocenters.